The summed E-state index contributed by atoms with van der Waals surface area (Å²) in [4.78, 5) is 21.6. The highest BCUT2D eigenvalue weighted by molar-refractivity contribution is 5.99. The molecule has 3 N–H and O–H groups in total. The van der Waals surface area contributed by atoms with E-state index in [1.54, 1.807) is 12.1 Å². The monoisotopic (exact) mass is 234 g/mol. The van der Waals surface area contributed by atoms with Crippen LogP contribution < -0.4 is 10.6 Å². The van der Waals surface area contributed by atoms with Crippen LogP contribution in [0, 0.1) is 0 Å². The number of hydrogen-bond donors (Lipinski definition) is 3. The molecule has 1 aliphatic rings. The maximum atomic E-state index is 11.3. The summed E-state index contributed by atoms with van der Waals surface area (Å²) < 4.78 is 0. The fourth-order valence-electron chi connectivity index (χ4n) is 1.45. The Morgan fingerprint density at radius 3 is 2.82 bits per heavy atom. The molecule has 0 unspecified atom stereocenters. The second-order valence-corrected chi connectivity index (χ2v) is 3.45. The maximum absolute atomic E-state index is 11.3. The lowest BCUT2D eigenvalue weighted by Gasteiger charge is -1.99. The Morgan fingerprint density at radius 1 is 1.47 bits per heavy atom. The van der Waals surface area contributed by atoms with Crippen LogP contribution in [-0.4, -0.2) is 33.8 Å². The fraction of sp³-hybridized carbons (Fsp3) is 0.200. The molecule has 0 aromatic carbocycles. The van der Waals surface area contributed by atoms with Gasteiger partial charge in [-0.05, 0) is 24.6 Å². The molecule has 88 valence electrons. The summed E-state index contributed by atoms with van der Waals surface area (Å²) in [5, 5.41) is 20.7. The van der Waals surface area contributed by atoms with Crippen LogP contribution in [0.3, 0.4) is 0 Å². The fourth-order valence-corrected chi connectivity index (χ4v) is 1.45. The van der Waals surface area contributed by atoms with Gasteiger partial charge in [-0.15, -0.1) is 10.2 Å². The molecule has 2 rings (SSSR count). The van der Waals surface area contributed by atoms with Gasteiger partial charge in [-0.1, -0.05) is 0 Å². The number of amides is 2. The van der Waals surface area contributed by atoms with Gasteiger partial charge in [0.25, 0.3) is 0 Å². The van der Waals surface area contributed by atoms with E-state index in [-0.39, 0.29) is 11.7 Å². The Labute approximate surface area is 96.6 Å². The summed E-state index contributed by atoms with van der Waals surface area (Å²) in [6, 6.07) is 3.08. The summed E-state index contributed by atoms with van der Waals surface area (Å²) in [5.41, 5.74) is 1.17. The second kappa shape index (κ2) is 4.60. The van der Waals surface area contributed by atoms with Crippen LogP contribution in [0.25, 0.3) is 6.08 Å². The van der Waals surface area contributed by atoms with Crippen molar-refractivity contribution in [2.24, 2.45) is 0 Å². The number of rotatable bonds is 2. The predicted molar refractivity (Wildman–Crippen MR) is 59.3 cm³/mol. The first-order valence-corrected chi connectivity index (χ1v) is 4.97. The van der Waals surface area contributed by atoms with E-state index in [1.807, 2.05) is 0 Å². The van der Waals surface area contributed by atoms with Crippen LogP contribution >= 0.6 is 0 Å². The molecule has 2 heterocycles. The van der Waals surface area contributed by atoms with Crippen LogP contribution in [0.1, 0.15) is 12.1 Å². The third-order valence-corrected chi connectivity index (χ3v) is 2.21. The summed E-state index contributed by atoms with van der Waals surface area (Å²) in [7, 11) is 0. The van der Waals surface area contributed by atoms with E-state index in [0.717, 1.165) is 0 Å². The van der Waals surface area contributed by atoms with Crippen LogP contribution in [0.2, 0.25) is 0 Å². The first-order chi connectivity index (χ1) is 8.15. The highest BCUT2D eigenvalue weighted by atomic mass is 16.4. The zero-order valence-corrected chi connectivity index (χ0v) is 8.80. The predicted octanol–water partition coefficient (Wildman–Crippen LogP) is 0.470. The number of aromatic nitrogens is 2. The number of nitrogens with one attached hydrogen (secondary N) is 2. The first kappa shape index (κ1) is 11.1. The average molecular weight is 234 g/mol. The van der Waals surface area contributed by atoms with Crippen molar-refractivity contribution in [1.82, 2.24) is 15.5 Å². The van der Waals surface area contributed by atoms with Crippen molar-refractivity contribution in [2.75, 3.05) is 11.9 Å². The summed E-state index contributed by atoms with van der Waals surface area (Å²) in [5.74, 6) is 0.0510. The average Bonchev–Trinajstić information content (AvgIpc) is 2.67. The molecule has 2 amide bonds. The van der Waals surface area contributed by atoms with Crippen LogP contribution in [0.5, 0.6) is 0 Å². The Balaban J connectivity index is 2.13. The minimum atomic E-state index is -1.19. The van der Waals surface area contributed by atoms with Crippen molar-refractivity contribution < 1.29 is 14.7 Å². The highest BCUT2D eigenvalue weighted by Gasteiger charge is 2.15. The largest absolute Gasteiger partial charge is 0.465 e. The van der Waals surface area contributed by atoms with E-state index in [4.69, 9.17) is 5.11 Å². The molecule has 1 fully saturated rings. The molecule has 0 saturated carbocycles. The van der Waals surface area contributed by atoms with E-state index >= 15 is 0 Å². The van der Waals surface area contributed by atoms with E-state index in [2.05, 4.69) is 20.8 Å². The van der Waals surface area contributed by atoms with Gasteiger partial charge in [0.15, 0.2) is 5.82 Å². The SMILES string of the molecule is O=C(O)Nc1ccc(C=C2CCNC2=O)nn1. The topological polar surface area (TPSA) is 104 Å². The Bertz CT molecular complexity index is 481. The molecule has 17 heavy (non-hydrogen) atoms. The molecule has 1 aliphatic heterocycles. The van der Waals surface area contributed by atoms with Crippen molar-refractivity contribution in [2.45, 2.75) is 6.42 Å². The molecule has 7 heteroatoms. The van der Waals surface area contributed by atoms with Crippen molar-refractivity contribution in [3.8, 4) is 0 Å². The zero-order valence-electron chi connectivity index (χ0n) is 8.80. The van der Waals surface area contributed by atoms with E-state index < -0.39 is 6.09 Å². The zero-order chi connectivity index (χ0) is 12.3. The lowest BCUT2D eigenvalue weighted by molar-refractivity contribution is -0.116. The van der Waals surface area contributed by atoms with Gasteiger partial charge in [0, 0.05) is 12.1 Å². The molecule has 0 radical (unpaired) electrons. The molecule has 1 aromatic rings. The number of nitrogens with zero attached hydrogens (tertiary/aromatic N) is 2. The number of carbonyl (C=O) groups excluding carboxylic acids is 1. The van der Waals surface area contributed by atoms with Gasteiger partial charge in [-0.3, -0.25) is 10.1 Å². The van der Waals surface area contributed by atoms with Gasteiger partial charge in [0.1, 0.15) is 0 Å². The van der Waals surface area contributed by atoms with Gasteiger partial charge in [-0.2, -0.15) is 0 Å². The third kappa shape index (κ3) is 2.77. The molecule has 0 atom stereocenters. The Kier molecular flexibility index (Phi) is 2.99. The van der Waals surface area contributed by atoms with E-state index in [0.29, 0.717) is 24.2 Å². The van der Waals surface area contributed by atoms with Crippen molar-refractivity contribution in [1.29, 1.82) is 0 Å². The van der Waals surface area contributed by atoms with Crippen molar-refractivity contribution in [3.05, 3.63) is 23.4 Å². The minimum Gasteiger partial charge on any atom is -0.465 e. The Morgan fingerprint density at radius 2 is 2.29 bits per heavy atom. The van der Waals surface area contributed by atoms with E-state index in [1.165, 1.54) is 6.07 Å². The smallest absolute Gasteiger partial charge is 0.410 e. The quantitative estimate of drug-likeness (QED) is 0.645. The minimum absolute atomic E-state index is 0.0977. The van der Waals surface area contributed by atoms with Gasteiger partial charge in [-0.25, -0.2) is 4.79 Å². The van der Waals surface area contributed by atoms with Gasteiger partial charge >= 0.3 is 6.09 Å². The molecule has 0 bridgehead atoms. The second-order valence-electron chi connectivity index (χ2n) is 3.45. The normalized spacial score (nSPS) is 16.9. The van der Waals surface area contributed by atoms with Crippen molar-refractivity contribution >= 4 is 23.9 Å². The van der Waals surface area contributed by atoms with E-state index in [9.17, 15) is 9.59 Å². The van der Waals surface area contributed by atoms with Crippen LogP contribution in [-0.2, 0) is 4.79 Å². The summed E-state index contributed by atoms with van der Waals surface area (Å²) in [6.07, 6.45) is 1.11. The van der Waals surface area contributed by atoms with Crippen LogP contribution in [0.15, 0.2) is 17.7 Å². The third-order valence-electron chi connectivity index (χ3n) is 2.21. The lowest BCUT2D eigenvalue weighted by atomic mass is 10.2. The summed E-state index contributed by atoms with van der Waals surface area (Å²) >= 11 is 0. The number of carbonyl (C=O) groups is 2. The molecular weight excluding hydrogens is 224 g/mol. The molecule has 1 aromatic heterocycles. The van der Waals surface area contributed by atoms with Gasteiger partial charge in [0.05, 0.1) is 5.69 Å². The lowest BCUT2D eigenvalue weighted by Crippen LogP contribution is -2.14. The molecule has 1 saturated heterocycles. The van der Waals surface area contributed by atoms with Crippen LogP contribution in [0.4, 0.5) is 10.6 Å². The summed E-state index contributed by atoms with van der Waals surface area (Å²) in [6.45, 7) is 0.636. The molecule has 7 nitrogen and oxygen atoms in total. The number of hydrogen-bond acceptors (Lipinski definition) is 4. The number of carboxylic acid groups (broad SMARTS) is 1. The van der Waals surface area contributed by atoms with Gasteiger partial charge in [0.2, 0.25) is 5.91 Å². The Hall–Kier alpha value is -2.44. The molecule has 0 spiro atoms. The van der Waals surface area contributed by atoms with Crippen molar-refractivity contribution in [3.63, 3.8) is 0 Å². The van der Waals surface area contributed by atoms with Gasteiger partial charge < -0.3 is 10.4 Å². The standard InChI is InChI=1S/C10H10N4O3/c15-9-6(3-4-11-9)5-7-1-2-8(14-13-7)12-10(16)17/h1-2,5H,3-4H2,(H,11,15)(H,12,14)(H,16,17). The number of anilines is 1. The highest BCUT2D eigenvalue weighted by Crippen LogP contribution is 2.12. The maximum Gasteiger partial charge on any atom is 0.410 e. The molecular formula is C10H10N4O3. The first-order valence-electron chi connectivity index (χ1n) is 4.97. The molecule has 0 aliphatic carbocycles.